The lowest BCUT2D eigenvalue weighted by Crippen LogP contribution is -2.53. The van der Waals surface area contributed by atoms with E-state index in [1.807, 2.05) is 45.0 Å². The van der Waals surface area contributed by atoms with E-state index in [1.165, 1.54) is 12.8 Å². The summed E-state index contributed by atoms with van der Waals surface area (Å²) in [4.78, 5) is 45.6. The molecular formula is C27H42N4O4S2. The molecular weight excluding hydrogens is 508 g/mol. The molecule has 5 rings (SSSR count). The molecule has 4 fully saturated rings. The summed E-state index contributed by atoms with van der Waals surface area (Å²) < 4.78 is 5.54. The van der Waals surface area contributed by atoms with Gasteiger partial charge < -0.3 is 19.9 Å². The van der Waals surface area contributed by atoms with Crippen molar-refractivity contribution in [1.29, 1.82) is 0 Å². The van der Waals surface area contributed by atoms with E-state index in [1.54, 1.807) is 4.90 Å². The Labute approximate surface area is 234 Å². The van der Waals surface area contributed by atoms with Crippen molar-refractivity contribution in [2.45, 2.75) is 70.7 Å². The van der Waals surface area contributed by atoms with Crippen molar-refractivity contribution in [1.82, 2.24) is 15.1 Å². The quantitative estimate of drug-likeness (QED) is 0.586. The van der Waals surface area contributed by atoms with Crippen molar-refractivity contribution in [3.63, 3.8) is 0 Å². The fraction of sp³-hybridized carbons (Fsp3) is 0.667. The van der Waals surface area contributed by atoms with Crippen molar-refractivity contribution in [3.8, 4) is 0 Å². The number of benzene rings is 1. The van der Waals surface area contributed by atoms with Crippen LogP contribution in [-0.2, 0) is 14.3 Å². The van der Waals surface area contributed by atoms with Gasteiger partial charge in [0.25, 0.3) is 5.91 Å². The third kappa shape index (κ3) is 6.82. The van der Waals surface area contributed by atoms with Gasteiger partial charge in [-0.3, -0.25) is 19.3 Å². The average Bonchev–Trinajstić information content (AvgIpc) is 3.50. The summed E-state index contributed by atoms with van der Waals surface area (Å²) in [7, 11) is 0. The van der Waals surface area contributed by atoms with E-state index in [2.05, 4.69) is 15.1 Å². The van der Waals surface area contributed by atoms with Gasteiger partial charge >= 0.3 is 0 Å². The van der Waals surface area contributed by atoms with E-state index in [9.17, 15) is 14.4 Å². The Bertz CT molecular complexity index is 972. The Morgan fingerprint density at radius 2 is 1.65 bits per heavy atom. The number of ketones is 1. The van der Waals surface area contributed by atoms with E-state index >= 15 is 0 Å². The van der Waals surface area contributed by atoms with Gasteiger partial charge in [-0.1, -0.05) is 20.8 Å². The van der Waals surface area contributed by atoms with Crippen LogP contribution in [-0.4, -0.2) is 91.0 Å². The summed E-state index contributed by atoms with van der Waals surface area (Å²) in [5.41, 5.74) is 1.49. The van der Waals surface area contributed by atoms with Gasteiger partial charge in [0.15, 0.2) is 5.78 Å². The maximum Gasteiger partial charge on any atom is 0.251 e. The number of likely N-dealkylation sites (tertiary alicyclic amines) is 1. The molecule has 0 aromatic heterocycles. The maximum atomic E-state index is 13.5. The number of anilines is 1. The van der Waals surface area contributed by atoms with Gasteiger partial charge in [0.2, 0.25) is 5.91 Å². The lowest BCUT2D eigenvalue weighted by Gasteiger charge is -2.36. The van der Waals surface area contributed by atoms with Gasteiger partial charge in [-0.05, 0) is 55.4 Å². The summed E-state index contributed by atoms with van der Waals surface area (Å²) in [6.45, 7) is 10.9. The molecule has 1 aromatic carbocycles. The molecule has 1 saturated carbocycles. The SMILES string of the molecule is CC(C)(C)C[C@H](NC(=O)c1ccc(N2CCN(C3CC3)CC2)cc1)C(=O)N1CC[C@H]2OCC(=O)[C@H]21.S.S. The Hall–Kier alpha value is -1.75. The van der Waals surface area contributed by atoms with Crippen molar-refractivity contribution < 1.29 is 19.1 Å². The van der Waals surface area contributed by atoms with Crippen LogP contribution in [0.3, 0.4) is 0 Å². The number of carbonyl (C=O) groups excluding carboxylic acids is 3. The maximum absolute atomic E-state index is 13.5. The normalized spacial score (nSPS) is 24.7. The van der Waals surface area contributed by atoms with Crippen LogP contribution in [0, 0.1) is 5.41 Å². The minimum atomic E-state index is -0.690. The van der Waals surface area contributed by atoms with E-state index in [-0.39, 0.29) is 62.7 Å². The summed E-state index contributed by atoms with van der Waals surface area (Å²) >= 11 is 0. The molecule has 2 amide bonds. The van der Waals surface area contributed by atoms with Crippen LogP contribution in [0.2, 0.25) is 0 Å². The highest BCUT2D eigenvalue weighted by Gasteiger charge is 2.48. The van der Waals surface area contributed by atoms with E-state index in [0.717, 1.165) is 37.9 Å². The lowest BCUT2D eigenvalue weighted by molar-refractivity contribution is -0.138. The predicted molar refractivity (Wildman–Crippen MR) is 154 cm³/mol. The van der Waals surface area contributed by atoms with Gasteiger partial charge in [0.1, 0.15) is 18.7 Å². The van der Waals surface area contributed by atoms with Crippen LogP contribution >= 0.6 is 27.0 Å². The number of Topliss-reactive ketones (excluding diaryl/α,β-unsaturated/α-hetero) is 1. The highest BCUT2D eigenvalue weighted by Crippen LogP contribution is 2.30. The second-order valence-electron chi connectivity index (χ2n) is 11.7. The molecule has 0 radical (unpaired) electrons. The molecule has 206 valence electrons. The van der Waals surface area contributed by atoms with E-state index < -0.39 is 12.1 Å². The van der Waals surface area contributed by atoms with Crippen LogP contribution in [0.5, 0.6) is 0 Å². The van der Waals surface area contributed by atoms with E-state index in [0.29, 0.717) is 24.9 Å². The van der Waals surface area contributed by atoms with Crippen LogP contribution in [0.15, 0.2) is 24.3 Å². The third-order valence-electron chi connectivity index (χ3n) is 7.69. The molecule has 3 heterocycles. The van der Waals surface area contributed by atoms with Crippen LogP contribution < -0.4 is 10.2 Å². The second-order valence-corrected chi connectivity index (χ2v) is 11.7. The Kier molecular flexibility index (Phi) is 9.64. The lowest BCUT2D eigenvalue weighted by atomic mass is 9.87. The molecule has 3 saturated heterocycles. The topological polar surface area (TPSA) is 82.2 Å². The Balaban J connectivity index is 0.00000190. The Morgan fingerprint density at radius 1 is 1.00 bits per heavy atom. The fourth-order valence-corrected chi connectivity index (χ4v) is 5.70. The smallest absolute Gasteiger partial charge is 0.251 e. The first-order valence-electron chi connectivity index (χ1n) is 13.0. The summed E-state index contributed by atoms with van der Waals surface area (Å²) in [5, 5.41) is 2.98. The number of amides is 2. The number of rotatable bonds is 6. The highest BCUT2D eigenvalue weighted by molar-refractivity contribution is 7.59. The van der Waals surface area contributed by atoms with Crippen LogP contribution in [0.1, 0.15) is 56.8 Å². The number of nitrogens with zero attached hydrogens (tertiary/aromatic N) is 3. The van der Waals surface area contributed by atoms with Crippen LogP contribution in [0.25, 0.3) is 0 Å². The summed E-state index contributed by atoms with van der Waals surface area (Å²) in [5.74, 6) is -0.498. The third-order valence-corrected chi connectivity index (χ3v) is 7.69. The molecule has 1 N–H and O–H groups in total. The largest absolute Gasteiger partial charge is 0.369 e. The standard InChI is InChI=1S/C27H38N4O4.2H2S/c1-27(2,3)16-21(26(34)31-11-10-23-24(31)22(32)17-35-23)28-25(33)18-4-6-19(7-5-18)29-12-14-30(15-13-29)20-8-9-20;;/h4-7,20-21,23-24H,8-17H2,1-3H3,(H,28,33);2*1H2/t21-,23+,24+;;/m0../s1. The molecule has 10 heteroatoms. The number of nitrogens with one attached hydrogen (secondary N) is 1. The van der Waals surface area contributed by atoms with Gasteiger partial charge in [0.05, 0.1) is 6.10 Å². The zero-order valence-corrected chi connectivity index (χ0v) is 24.2. The van der Waals surface area contributed by atoms with Gasteiger partial charge in [0, 0.05) is 50.0 Å². The monoisotopic (exact) mass is 550 g/mol. The molecule has 8 nitrogen and oxygen atoms in total. The number of carbonyl (C=O) groups is 3. The molecule has 0 unspecified atom stereocenters. The molecule has 4 aliphatic rings. The molecule has 37 heavy (non-hydrogen) atoms. The van der Waals surface area contributed by atoms with E-state index in [4.69, 9.17) is 4.74 Å². The zero-order chi connectivity index (χ0) is 24.7. The molecule has 3 aliphatic heterocycles. The van der Waals surface area contributed by atoms with Crippen LogP contribution in [0.4, 0.5) is 5.69 Å². The molecule has 1 aromatic rings. The molecule has 0 spiro atoms. The van der Waals surface area contributed by atoms with Gasteiger partial charge in [-0.25, -0.2) is 0 Å². The zero-order valence-electron chi connectivity index (χ0n) is 22.2. The second kappa shape index (κ2) is 12.0. The number of piperazine rings is 1. The van der Waals surface area contributed by atoms with Crippen molar-refractivity contribution >= 4 is 50.3 Å². The predicted octanol–water partition coefficient (Wildman–Crippen LogP) is 2.30. The molecule has 3 atom stereocenters. The highest BCUT2D eigenvalue weighted by atomic mass is 32.1. The van der Waals surface area contributed by atoms with Crippen molar-refractivity contribution in [3.05, 3.63) is 29.8 Å². The molecule has 1 aliphatic carbocycles. The Morgan fingerprint density at radius 3 is 2.24 bits per heavy atom. The first-order chi connectivity index (χ1) is 16.7. The minimum Gasteiger partial charge on any atom is -0.369 e. The van der Waals surface area contributed by atoms with Gasteiger partial charge in [-0.2, -0.15) is 27.0 Å². The number of hydrogen-bond acceptors (Lipinski definition) is 6. The van der Waals surface area contributed by atoms with Gasteiger partial charge in [-0.15, -0.1) is 0 Å². The number of fused-ring (bicyclic) bond motifs is 1. The minimum absolute atomic E-state index is 0. The number of ether oxygens (including phenoxy) is 1. The average molecular weight is 551 g/mol. The summed E-state index contributed by atoms with van der Waals surface area (Å²) in [6.07, 6.45) is 3.62. The first kappa shape index (κ1) is 29.8. The van der Waals surface area contributed by atoms with Crippen molar-refractivity contribution in [2.75, 3.05) is 44.2 Å². The summed E-state index contributed by atoms with van der Waals surface area (Å²) in [6, 6.07) is 7.29. The number of hydrogen-bond donors (Lipinski definition) is 1. The first-order valence-corrected chi connectivity index (χ1v) is 13.0. The fourth-order valence-electron chi connectivity index (χ4n) is 5.70. The molecule has 0 bridgehead atoms. The van der Waals surface area contributed by atoms with Crippen molar-refractivity contribution in [2.24, 2.45) is 5.41 Å².